The van der Waals surface area contributed by atoms with E-state index in [0.29, 0.717) is 18.3 Å². The van der Waals surface area contributed by atoms with Gasteiger partial charge in [0.2, 0.25) is 0 Å². The van der Waals surface area contributed by atoms with E-state index in [-0.39, 0.29) is 17.3 Å². The zero-order valence-corrected chi connectivity index (χ0v) is 15.4. The predicted molar refractivity (Wildman–Crippen MR) is 95.1 cm³/mol. The lowest BCUT2D eigenvalue weighted by molar-refractivity contribution is -0.137. The van der Waals surface area contributed by atoms with E-state index in [9.17, 15) is 9.59 Å². The van der Waals surface area contributed by atoms with Crippen LogP contribution in [0.4, 0.5) is 0 Å². The number of hydrogen-bond donors (Lipinski definition) is 0. The molecule has 0 unspecified atom stereocenters. The molecule has 0 aromatic carbocycles. The highest BCUT2D eigenvalue weighted by Gasteiger charge is 2.23. The molecule has 0 N–H and O–H groups in total. The lowest BCUT2D eigenvalue weighted by atomic mass is 10.2. The van der Waals surface area contributed by atoms with Crippen LogP contribution in [-0.2, 0) is 33.7 Å². The Hall–Kier alpha value is -1.38. The Morgan fingerprint density at radius 3 is 2.96 bits per heavy atom. The van der Waals surface area contributed by atoms with Gasteiger partial charge in [-0.3, -0.25) is 14.2 Å². The van der Waals surface area contributed by atoms with Crippen molar-refractivity contribution in [1.29, 1.82) is 0 Å². The second kappa shape index (κ2) is 7.67. The summed E-state index contributed by atoms with van der Waals surface area (Å²) in [4.78, 5) is 31.2. The van der Waals surface area contributed by atoms with Gasteiger partial charge >= 0.3 is 5.97 Å². The van der Waals surface area contributed by atoms with Crippen LogP contribution < -0.4 is 5.56 Å². The Bertz CT molecular complexity index is 812. The molecule has 0 aliphatic heterocycles. The minimum atomic E-state index is -0.327. The smallest absolute Gasteiger partial charge is 0.316 e. The molecule has 2 heterocycles. The van der Waals surface area contributed by atoms with Crippen LogP contribution in [0.1, 0.15) is 23.3 Å². The number of thioether (sulfide) groups is 1. The molecule has 0 bridgehead atoms. The van der Waals surface area contributed by atoms with Crippen LogP contribution in [0.3, 0.4) is 0 Å². The number of carbonyl (C=O) groups is 1. The van der Waals surface area contributed by atoms with Crippen LogP contribution in [-0.4, -0.2) is 42.1 Å². The van der Waals surface area contributed by atoms with Crippen molar-refractivity contribution in [3.05, 3.63) is 20.8 Å². The van der Waals surface area contributed by atoms with Crippen molar-refractivity contribution in [3.63, 3.8) is 0 Å². The van der Waals surface area contributed by atoms with Gasteiger partial charge in [0.25, 0.3) is 5.56 Å². The summed E-state index contributed by atoms with van der Waals surface area (Å²) in [5.74, 6) is -0.185. The van der Waals surface area contributed by atoms with Crippen molar-refractivity contribution in [3.8, 4) is 0 Å². The number of esters is 1. The normalized spacial score (nSPS) is 13.4. The number of hydrogen-bond acceptors (Lipinski definition) is 7. The fraction of sp³-hybridized carbons (Fsp3) is 0.562. The molecular weight excluding hydrogens is 348 g/mol. The van der Waals surface area contributed by atoms with E-state index in [2.05, 4.69) is 9.72 Å². The third-order valence-electron chi connectivity index (χ3n) is 4.07. The van der Waals surface area contributed by atoms with E-state index in [0.717, 1.165) is 35.9 Å². The van der Waals surface area contributed by atoms with Gasteiger partial charge in [0.05, 0.1) is 18.2 Å². The Morgan fingerprint density at radius 1 is 1.38 bits per heavy atom. The molecule has 0 saturated heterocycles. The summed E-state index contributed by atoms with van der Waals surface area (Å²) >= 11 is 2.86. The first-order chi connectivity index (χ1) is 11.7. The van der Waals surface area contributed by atoms with Crippen LogP contribution >= 0.6 is 23.1 Å². The standard InChI is InChI=1S/C16H20N2O4S2/c1-21-8-4-7-18-15(20)13-10-5-3-6-11(10)24-14(13)17-16(18)23-9-12(19)22-2/h3-9H2,1-2H3. The van der Waals surface area contributed by atoms with E-state index < -0.39 is 0 Å². The summed E-state index contributed by atoms with van der Waals surface area (Å²) in [5.41, 5.74) is 1.18. The molecule has 24 heavy (non-hydrogen) atoms. The third kappa shape index (κ3) is 3.36. The summed E-state index contributed by atoms with van der Waals surface area (Å²) < 4.78 is 11.5. The largest absolute Gasteiger partial charge is 0.468 e. The minimum Gasteiger partial charge on any atom is -0.468 e. The highest BCUT2D eigenvalue weighted by Crippen LogP contribution is 2.35. The van der Waals surface area contributed by atoms with Gasteiger partial charge in [-0.25, -0.2) is 4.98 Å². The van der Waals surface area contributed by atoms with Crippen LogP contribution in [0.5, 0.6) is 0 Å². The fourth-order valence-corrected chi connectivity index (χ4v) is 5.08. The molecule has 3 rings (SSSR count). The lowest BCUT2D eigenvalue weighted by Crippen LogP contribution is -2.24. The fourth-order valence-electron chi connectivity index (χ4n) is 2.92. The maximum Gasteiger partial charge on any atom is 0.316 e. The van der Waals surface area contributed by atoms with Gasteiger partial charge in [-0.05, 0) is 31.2 Å². The zero-order chi connectivity index (χ0) is 17.1. The molecule has 0 amide bonds. The van der Waals surface area contributed by atoms with Crippen LogP contribution in [0.2, 0.25) is 0 Å². The molecule has 2 aromatic rings. The highest BCUT2D eigenvalue weighted by atomic mass is 32.2. The summed E-state index contributed by atoms with van der Waals surface area (Å²) in [6, 6.07) is 0. The van der Waals surface area contributed by atoms with Crippen molar-refractivity contribution in [2.24, 2.45) is 0 Å². The molecule has 1 aliphatic rings. The molecule has 8 heteroatoms. The average Bonchev–Trinajstić information content (AvgIpc) is 3.15. The first kappa shape index (κ1) is 17.4. The maximum atomic E-state index is 13.0. The zero-order valence-electron chi connectivity index (χ0n) is 13.8. The number of rotatable bonds is 7. The quantitative estimate of drug-likeness (QED) is 0.323. The molecule has 1 aliphatic carbocycles. The number of ether oxygens (including phenoxy) is 2. The maximum absolute atomic E-state index is 13.0. The van der Waals surface area contributed by atoms with Crippen molar-refractivity contribution >= 4 is 39.3 Å². The molecule has 130 valence electrons. The average molecular weight is 368 g/mol. The summed E-state index contributed by atoms with van der Waals surface area (Å²) in [5, 5.41) is 1.35. The molecule has 0 radical (unpaired) electrons. The topological polar surface area (TPSA) is 70.4 Å². The van der Waals surface area contributed by atoms with Gasteiger partial charge < -0.3 is 9.47 Å². The Kier molecular flexibility index (Phi) is 5.57. The van der Waals surface area contributed by atoms with E-state index >= 15 is 0 Å². The molecule has 0 spiro atoms. The second-order valence-electron chi connectivity index (χ2n) is 5.60. The Balaban J connectivity index is 2.01. The molecule has 0 saturated carbocycles. The van der Waals surface area contributed by atoms with Crippen LogP contribution in [0.25, 0.3) is 10.2 Å². The summed E-state index contributed by atoms with van der Waals surface area (Å²) in [6.07, 6.45) is 3.82. The number of methoxy groups -OCH3 is 2. The number of fused-ring (bicyclic) bond motifs is 3. The number of aryl methyl sites for hydroxylation is 2. The monoisotopic (exact) mass is 368 g/mol. The minimum absolute atomic E-state index is 0.00266. The summed E-state index contributed by atoms with van der Waals surface area (Å²) in [7, 11) is 3.00. The van der Waals surface area contributed by atoms with Crippen molar-refractivity contribution in [2.75, 3.05) is 26.6 Å². The lowest BCUT2D eigenvalue weighted by Gasteiger charge is -2.11. The molecule has 6 nitrogen and oxygen atoms in total. The van der Waals surface area contributed by atoms with Gasteiger partial charge in [-0.1, -0.05) is 11.8 Å². The van der Waals surface area contributed by atoms with Crippen molar-refractivity contribution in [1.82, 2.24) is 9.55 Å². The van der Waals surface area contributed by atoms with Gasteiger partial charge in [0, 0.05) is 25.1 Å². The number of thiophene rings is 1. The third-order valence-corrected chi connectivity index (χ3v) is 6.20. The molecule has 0 fully saturated rings. The number of nitrogens with zero attached hydrogens (tertiary/aromatic N) is 2. The molecular formula is C16H20N2O4S2. The van der Waals surface area contributed by atoms with Gasteiger partial charge in [-0.15, -0.1) is 11.3 Å². The highest BCUT2D eigenvalue weighted by molar-refractivity contribution is 7.99. The first-order valence-electron chi connectivity index (χ1n) is 7.89. The Labute approximate surface area is 148 Å². The number of carbonyl (C=O) groups excluding carboxylic acids is 1. The van der Waals surface area contributed by atoms with Crippen molar-refractivity contribution in [2.45, 2.75) is 37.4 Å². The van der Waals surface area contributed by atoms with Crippen molar-refractivity contribution < 1.29 is 14.3 Å². The summed E-state index contributed by atoms with van der Waals surface area (Å²) in [6.45, 7) is 1.11. The van der Waals surface area contributed by atoms with Gasteiger partial charge in [-0.2, -0.15) is 0 Å². The predicted octanol–water partition coefficient (Wildman–Crippen LogP) is 2.25. The van der Waals surface area contributed by atoms with E-state index in [1.807, 2.05) is 0 Å². The second-order valence-corrected chi connectivity index (χ2v) is 7.63. The van der Waals surface area contributed by atoms with E-state index in [4.69, 9.17) is 4.74 Å². The SMILES string of the molecule is COCCCn1c(SCC(=O)OC)nc2sc3c(c2c1=O)CCC3. The van der Waals surface area contributed by atoms with E-state index in [1.165, 1.54) is 29.3 Å². The van der Waals surface area contributed by atoms with Gasteiger partial charge in [0.15, 0.2) is 5.16 Å². The van der Waals surface area contributed by atoms with E-state index in [1.54, 1.807) is 23.0 Å². The first-order valence-corrected chi connectivity index (χ1v) is 9.69. The molecule has 2 aromatic heterocycles. The van der Waals surface area contributed by atoms with Gasteiger partial charge in [0.1, 0.15) is 4.83 Å². The Morgan fingerprint density at radius 2 is 2.21 bits per heavy atom. The van der Waals surface area contributed by atoms with Crippen LogP contribution in [0.15, 0.2) is 9.95 Å². The van der Waals surface area contributed by atoms with Crippen LogP contribution in [0, 0.1) is 0 Å². The molecule has 0 atom stereocenters. The number of aromatic nitrogens is 2.